The number of piperidine rings is 1. The second kappa shape index (κ2) is 5.32. The van der Waals surface area contributed by atoms with E-state index in [-0.39, 0.29) is 0 Å². The van der Waals surface area contributed by atoms with E-state index in [0.717, 1.165) is 12.6 Å². The molecule has 82 valence electrons. The summed E-state index contributed by atoms with van der Waals surface area (Å²) in [7, 11) is 0. The Morgan fingerprint density at radius 1 is 1.20 bits per heavy atom. The fraction of sp³-hybridized carbons (Fsp3) is 0.571. The lowest BCUT2D eigenvalue weighted by Crippen LogP contribution is -2.38. The molecule has 0 aliphatic carbocycles. The van der Waals surface area contributed by atoms with Crippen LogP contribution in [0, 0.1) is 0 Å². The van der Waals surface area contributed by atoms with Crippen LogP contribution in [0.15, 0.2) is 30.3 Å². The van der Waals surface area contributed by atoms with Gasteiger partial charge in [-0.2, -0.15) is 0 Å². The highest BCUT2D eigenvalue weighted by Crippen LogP contribution is 2.21. The molecular weight excluding hydrogens is 182 g/mol. The van der Waals surface area contributed by atoms with Gasteiger partial charge in [0.15, 0.2) is 0 Å². The van der Waals surface area contributed by atoms with Crippen LogP contribution < -0.4 is 0 Å². The van der Waals surface area contributed by atoms with Crippen LogP contribution in [0.5, 0.6) is 0 Å². The Hall–Kier alpha value is -0.820. The summed E-state index contributed by atoms with van der Waals surface area (Å²) >= 11 is 0. The van der Waals surface area contributed by atoms with Crippen molar-refractivity contribution in [1.29, 1.82) is 0 Å². The van der Waals surface area contributed by atoms with Gasteiger partial charge in [-0.25, -0.2) is 0 Å². The van der Waals surface area contributed by atoms with Gasteiger partial charge in [0.1, 0.15) is 0 Å². The van der Waals surface area contributed by atoms with Gasteiger partial charge >= 0.3 is 0 Å². The number of benzene rings is 1. The van der Waals surface area contributed by atoms with Crippen LogP contribution in [0.1, 0.15) is 38.2 Å². The van der Waals surface area contributed by atoms with Crippen LogP contribution >= 0.6 is 0 Å². The predicted octanol–water partition coefficient (Wildman–Crippen LogP) is 3.45. The molecule has 1 heteroatoms. The second-order valence-corrected chi connectivity index (χ2v) is 4.51. The summed E-state index contributed by atoms with van der Waals surface area (Å²) in [5.74, 6) is 0. The zero-order valence-corrected chi connectivity index (χ0v) is 9.65. The van der Waals surface area contributed by atoms with E-state index in [1.807, 2.05) is 0 Å². The first-order chi connectivity index (χ1) is 7.40. The van der Waals surface area contributed by atoms with Gasteiger partial charge in [-0.3, -0.25) is 4.90 Å². The maximum Gasteiger partial charge on any atom is 0.0236 e. The van der Waals surface area contributed by atoms with E-state index in [4.69, 9.17) is 0 Å². The third-order valence-corrected chi connectivity index (χ3v) is 3.45. The van der Waals surface area contributed by atoms with E-state index in [1.54, 1.807) is 0 Å². The van der Waals surface area contributed by atoms with Crippen molar-refractivity contribution < 1.29 is 0 Å². The third-order valence-electron chi connectivity index (χ3n) is 3.45. The first-order valence-corrected chi connectivity index (χ1v) is 6.18. The molecule has 1 saturated heterocycles. The van der Waals surface area contributed by atoms with Crippen molar-refractivity contribution in [1.82, 2.24) is 4.90 Å². The largest absolute Gasteiger partial charge is 0.296 e. The van der Waals surface area contributed by atoms with Crippen molar-refractivity contribution in [2.75, 3.05) is 6.54 Å². The zero-order chi connectivity index (χ0) is 10.5. The average Bonchev–Trinajstić information content (AvgIpc) is 2.31. The average molecular weight is 203 g/mol. The predicted molar refractivity (Wildman–Crippen MR) is 64.8 cm³/mol. The molecule has 1 heterocycles. The summed E-state index contributed by atoms with van der Waals surface area (Å²) < 4.78 is 0. The van der Waals surface area contributed by atoms with E-state index in [9.17, 15) is 0 Å². The highest BCUT2D eigenvalue weighted by Gasteiger charge is 2.20. The Kier molecular flexibility index (Phi) is 3.79. The maximum absolute atomic E-state index is 2.65. The normalized spacial score (nSPS) is 22.9. The quantitative estimate of drug-likeness (QED) is 0.727. The highest BCUT2D eigenvalue weighted by molar-refractivity contribution is 5.14. The van der Waals surface area contributed by atoms with Crippen LogP contribution in [0.4, 0.5) is 0 Å². The fourth-order valence-corrected chi connectivity index (χ4v) is 2.55. The van der Waals surface area contributed by atoms with E-state index in [2.05, 4.69) is 42.2 Å². The second-order valence-electron chi connectivity index (χ2n) is 4.51. The molecule has 1 nitrogen and oxygen atoms in total. The van der Waals surface area contributed by atoms with Gasteiger partial charge in [0, 0.05) is 12.6 Å². The minimum absolute atomic E-state index is 0.818. The molecule has 1 aromatic carbocycles. The molecule has 1 atom stereocenters. The monoisotopic (exact) mass is 203 g/mol. The van der Waals surface area contributed by atoms with Gasteiger partial charge in [0.2, 0.25) is 0 Å². The van der Waals surface area contributed by atoms with Gasteiger partial charge in [0.05, 0.1) is 0 Å². The molecule has 0 spiro atoms. The first-order valence-electron chi connectivity index (χ1n) is 6.18. The lowest BCUT2D eigenvalue weighted by atomic mass is 9.99. The first kappa shape index (κ1) is 10.7. The van der Waals surface area contributed by atoms with Crippen molar-refractivity contribution in [2.45, 2.75) is 45.2 Å². The zero-order valence-electron chi connectivity index (χ0n) is 9.65. The molecule has 1 aliphatic heterocycles. The molecule has 0 unspecified atom stereocenters. The molecule has 1 aromatic rings. The number of nitrogens with zero attached hydrogens (tertiary/aromatic N) is 1. The fourth-order valence-electron chi connectivity index (χ4n) is 2.55. The lowest BCUT2D eigenvalue weighted by Gasteiger charge is -2.35. The van der Waals surface area contributed by atoms with E-state index in [1.165, 1.54) is 37.8 Å². The number of rotatable bonds is 3. The van der Waals surface area contributed by atoms with Gasteiger partial charge in [-0.1, -0.05) is 43.7 Å². The molecule has 1 fully saturated rings. The Balaban J connectivity index is 1.97. The molecule has 0 radical (unpaired) electrons. The van der Waals surface area contributed by atoms with Gasteiger partial charge in [0.25, 0.3) is 0 Å². The number of hydrogen-bond acceptors (Lipinski definition) is 1. The van der Waals surface area contributed by atoms with Gasteiger partial charge in [-0.05, 0) is 31.4 Å². The Morgan fingerprint density at radius 2 is 2.00 bits per heavy atom. The minimum atomic E-state index is 0.818. The maximum atomic E-state index is 2.65. The van der Waals surface area contributed by atoms with Crippen molar-refractivity contribution in [3.8, 4) is 0 Å². The molecule has 0 bridgehead atoms. The molecule has 15 heavy (non-hydrogen) atoms. The van der Waals surface area contributed by atoms with Crippen LogP contribution in [0.3, 0.4) is 0 Å². The topological polar surface area (TPSA) is 3.24 Å². The van der Waals surface area contributed by atoms with E-state index in [0.29, 0.717) is 0 Å². The molecule has 2 rings (SSSR count). The van der Waals surface area contributed by atoms with Gasteiger partial charge < -0.3 is 0 Å². The summed E-state index contributed by atoms with van der Waals surface area (Å²) in [4.78, 5) is 2.65. The molecule has 1 aliphatic rings. The summed E-state index contributed by atoms with van der Waals surface area (Å²) in [5.41, 5.74) is 1.46. The summed E-state index contributed by atoms with van der Waals surface area (Å²) in [6.07, 6.45) is 5.49. The minimum Gasteiger partial charge on any atom is -0.296 e. The van der Waals surface area contributed by atoms with Crippen molar-refractivity contribution >= 4 is 0 Å². The molecular formula is C14H21N. The van der Waals surface area contributed by atoms with Crippen molar-refractivity contribution in [3.63, 3.8) is 0 Å². The summed E-state index contributed by atoms with van der Waals surface area (Å²) in [5, 5.41) is 0. The van der Waals surface area contributed by atoms with Crippen LogP contribution in [0.2, 0.25) is 0 Å². The lowest BCUT2D eigenvalue weighted by molar-refractivity contribution is 0.136. The van der Waals surface area contributed by atoms with E-state index >= 15 is 0 Å². The van der Waals surface area contributed by atoms with Crippen LogP contribution in [0.25, 0.3) is 0 Å². The SMILES string of the molecule is CC[C@@H]1CCCCN1Cc1ccccc1. The molecule has 0 N–H and O–H groups in total. The number of hydrogen-bond donors (Lipinski definition) is 0. The van der Waals surface area contributed by atoms with Crippen LogP contribution in [-0.4, -0.2) is 17.5 Å². The highest BCUT2D eigenvalue weighted by atomic mass is 15.2. The van der Waals surface area contributed by atoms with Crippen LogP contribution in [-0.2, 0) is 6.54 Å². The standard InChI is InChI=1S/C14H21N/c1-2-14-10-6-7-11-15(14)12-13-8-4-3-5-9-13/h3-5,8-9,14H,2,6-7,10-12H2,1H3/t14-/m1/s1. The van der Waals surface area contributed by atoms with Gasteiger partial charge in [-0.15, -0.1) is 0 Å². The smallest absolute Gasteiger partial charge is 0.0236 e. The van der Waals surface area contributed by atoms with E-state index < -0.39 is 0 Å². The Labute approximate surface area is 93.1 Å². The summed E-state index contributed by atoms with van der Waals surface area (Å²) in [6, 6.07) is 11.7. The Bertz CT molecular complexity index is 281. The van der Waals surface area contributed by atoms with Crippen molar-refractivity contribution in [3.05, 3.63) is 35.9 Å². The summed E-state index contributed by atoms with van der Waals surface area (Å²) in [6.45, 7) is 4.74. The molecule has 0 saturated carbocycles. The molecule has 0 aromatic heterocycles. The Morgan fingerprint density at radius 3 is 2.73 bits per heavy atom. The third kappa shape index (κ3) is 2.82. The van der Waals surface area contributed by atoms with Crippen molar-refractivity contribution in [2.24, 2.45) is 0 Å². The number of likely N-dealkylation sites (tertiary alicyclic amines) is 1. The molecule has 0 amide bonds.